The largest absolute Gasteiger partial charge is 0.320 e. The van der Waals surface area contributed by atoms with Crippen LogP contribution in [0, 0.1) is 0 Å². The van der Waals surface area contributed by atoms with Crippen LogP contribution in [-0.4, -0.2) is 15.9 Å². The number of carbonyl (C=O) groups excluding carboxylic acids is 1. The van der Waals surface area contributed by atoms with Crippen LogP contribution in [0.5, 0.6) is 0 Å². The summed E-state index contributed by atoms with van der Waals surface area (Å²) in [6.45, 7) is 0. The first-order valence-corrected chi connectivity index (χ1v) is 6.08. The smallest absolute Gasteiger partial charge is 0.274 e. The van der Waals surface area contributed by atoms with Gasteiger partial charge in [-0.25, -0.2) is 4.98 Å². The van der Waals surface area contributed by atoms with E-state index in [9.17, 15) is 9.59 Å². The van der Waals surface area contributed by atoms with Gasteiger partial charge in [0.25, 0.3) is 11.5 Å². The van der Waals surface area contributed by atoms with E-state index in [1.807, 2.05) is 42.5 Å². The maximum Gasteiger partial charge on any atom is 0.274 e. The minimum absolute atomic E-state index is 0.0849. The van der Waals surface area contributed by atoms with Crippen LogP contribution in [0.3, 0.4) is 0 Å². The van der Waals surface area contributed by atoms with Crippen LogP contribution in [0.2, 0.25) is 0 Å². The Kier molecular flexibility index (Phi) is 3.01. The Hall–Kier alpha value is -2.95. The molecule has 0 bridgehead atoms. The molecule has 98 valence electrons. The monoisotopic (exact) mass is 265 g/mol. The minimum Gasteiger partial charge on any atom is -0.320 e. The standard InChI is InChI=1S/C15H11N3O2/c19-14-8-13(16-9-17-14)15(20)18-12-7-3-5-10-4-1-2-6-11(10)12/h1-9H,(H,18,20)(H,16,17,19). The van der Waals surface area contributed by atoms with Crippen LogP contribution in [0.15, 0.2) is 59.7 Å². The summed E-state index contributed by atoms with van der Waals surface area (Å²) in [5.41, 5.74) is 0.417. The number of H-pyrrole nitrogens is 1. The van der Waals surface area contributed by atoms with E-state index in [0.29, 0.717) is 5.69 Å². The van der Waals surface area contributed by atoms with E-state index in [0.717, 1.165) is 10.8 Å². The number of benzene rings is 2. The highest BCUT2D eigenvalue weighted by atomic mass is 16.2. The fourth-order valence-corrected chi connectivity index (χ4v) is 2.01. The average molecular weight is 265 g/mol. The zero-order valence-electron chi connectivity index (χ0n) is 10.5. The Morgan fingerprint density at radius 3 is 2.75 bits per heavy atom. The number of hydrogen-bond acceptors (Lipinski definition) is 3. The number of nitrogens with zero attached hydrogens (tertiary/aromatic N) is 1. The van der Waals surface area contributed by atoms with Gasteiger partial charge in [0.15, 0.2) is 0 Å². The summed E-state index contributed by atoms with van der Waals surface area (Å²) >= 11 is 0. The van der Waals surface area contributed by atoms with Gasteiger partial charge in [-0.05, 0) is 11.5 Å². The highest BCUT2D eigenvalue weighted by Gasteiger charge is 2.09. The quantitative estimate of drug-likeness (QED) is 0.745. The molecule has 5 heteroatoms. The second kappa shape index (κ2) is 4.97. The molecule has 2 N–H and O–H groups in total. The summed E-state index contributed by atoms with van der Waals surface area (Å²) in [4.78, 5) is 29.5. The Labute approximate surface area is 114 Å². The maximum absolute atomic E-state index is 12.1. The highest BCUT2D eigenvalue weighted by molar-refractivity contribution is 6.08. The molecule has 0 aliphatic heterocycles. The Bertz CT molecular complexity index is 834. The van der Waals surface area contributed by atoms with Crippen molar-refractivity contribution in [3.63, 3.8) is 0 Å². The topological polar surface area (TPSA) is 74.8 Å². The number of aromatic nitrogens is 2. The lowest BCUT2D eigenvalue weighted by molar-refractivity contribution is 0.102. The third kappa shape index (κ3) is 2.29. The van der Waals surface area contributed by atoms with Crippen LogP contribution >= 0.6 is 0 Å². The molecule has 0 radical (unpaired) electrons. The molecule has 3 rings (SSSR count). The zero-order valence-corrected chi connectivity index (χ0v) is 10.5. The maximum atomic E-state index is 12.1. The van der Waals surface area contributed by atoms with Crippen LogP contribution in [0.4, 0.5) is 5.69 Å². The van der Waals surface area contributed by atoms with Gasteiger partial charge in [0.05, 0.1) is 6.33 Å². The molecule has 0 saturated heterocycles. The van der Waals surface area contributed by atoms with Gasteiger partial charge in [-0.1, -0.05) is 36.4 Å². The third-order valence-corrected chi connectivity index (χ3v) is 2.95. The molecule has 0 spiro atoms. The number of nitrogens with one attached hydrogen (secondary N) is 2. The summed E-state index contributed by atoms with van der Waals surface area (Å²) in [6.07, 6.45) is 1.21. The first-order chi connectivity index (χ1) is 9.74. The molecule has 5 nitrogen and oxygen atoms in total. The van der Waals surface area contributed by atoms with Gasteiger partial charge in [-0.2, -0.15) is 0 Å². The second-order valence-electron chi connectivity index (χ2n) is 4.28. The second-order valence-corrected chi connectivity index (χ2v) is 4.28. The third-order valence-electron chi connectivity index (χ3n) is 2.95. The Morgan fingerprint density at radius 1 is 1.10 bits per heavy atom. The number of hydrogen-bond donors (Lipinski definition) is 2. The summed E-state index contributed by atoms with van der Waals surface area (Å²) in [6, 6.07) is 14.6. The SMILES string of the molecule is O=C(Nc1cccc2ccccc12)c1cc(=O)[nH]cn1. The number of aromatic amines is 1. The van der Waals surface area contributed by atoms with Crippen LogP contribution in [0.25, 0.3) is 10.8 Å². The van der Waals surface area contributed by atoms with Crippen molar-refractivity contribution in [3.05, 3.63) is 70.9 Å². The van der Waals surface area contributed by atoms with Gasteiger partial charge in [0.2, 0.25) is 0 Å². The molecule has 3 aromatic rings. The molecule has 1 amide bonds. The predicted molar refractivity (Wildman–Crippen MR) is 76.8 cm³/mol. The lowest BCUT2D eigenvalue weighted by atomic mass is 10.1. The molecule has 20 heavy (non-hydrogen) atoms. The van der Waals surface area contributed by atoms with Crippen LogP contribution in [0.1, 0.15) is 10.5 Å². The first-order valence-electron chi connectivity index (χ1n) is 6.08. The van der Waals surface area contributed by atoms with E-state index in [-0.39, 0.29) is 11.3 Å². The van der Waals surface area contributed by atoms with Crippen molar-refractivity contribution in [1.82, 2.24) is 9.97 Å². The molecular weight excluding hydrogens is 254 g/mol. The van der Waals surface area contributed by atoms with Gasteiger partial charge >= 0.3 is 0 Å². The number of carbonyl (C=O) groups is 1. The average Bonchev–Trinajstić information content (AvgIpc) is 2.47. The van der Waals surface area contributed by atoms with Crippen molar-refractivity contribution in [2.75, 3.05) is 5.32 Å². The summed E-state index contributed by atoms with van der Waals surface area (Å²) in [7, 11) is 0. The molecule has 0 unspecified atom stereocenters. The first kappa shape index (κ1) is 12.1. The van der Waals surface area contributed by atoms with E-state index in [1.54, 1.807) is 0 Å². The van der Waals surface area contributed by atoms with E-state index in [4.69, 9.17) is 0 Å². The van der Waals surface area contributed by atoms with Gasteiger partial charge in [0, 0.05) is 17.1 Å². The molecule has 0 aliphatic carbocycles. The summed E-state index contributed by atoms with van der Waals surface area (Å²) in [5.74, 6) is -0.410. The van der Waals surface area contributed by atoms with E-state index in [2.05, 4.69) is 15.3 Å². The predicted octanol–water partition coefficient (Wildman–Crippen LogP) is 2.18. The Morgan fingerprint density at radius 2 is 1.90 bits per heavy atom. The molecular formula is C15H11N3O2. The van der Waals surface area contributed by atoms with Crippen molar-refractivity contribution in [1.29, 1.82) is 0 Å². The molecule has 2 aromatic carbocycles. The van der Waals surface area contributed by atoms with Crippen LogP contribution in [-0.2, 0) is 0 Å². The molecule has 1 aromatic heterocycles. The summed E-state index contributed by atoms with van der Waals surface area (Å²) < 4.78 is 0. The molecule has 0 fully saturated rings. The molecule has 0 saturated carbocycles. The van der Waals surface area contributed by atoms with Crippen molar-refractivity contribution in [2.24, 2.45) is 0 Å². The van der Waals surface area contributed by atoms with Crippen molar-refractivity contribution >= 4 is 22.4 Å². The molecule has 0 atom stereocenters. The van der Waals surface area contributed by atoms with Crippen molar-refractivity contribution < 1.29 is 4.79 Å². The minimum atomic E-state index is -0.410. The summed E-state index contributed by atoms with van der Waals surface area (Å²) in [5, 5.41) is 4.74. The van der Waals surface area contributed by atoms with E-state index < -0.39 is 5.91 Å². The van der Waals surface area contributed by atoms with E-state index >= 15 is 0 Å². The zero-order chi connectivity index (χ0) is 13.9. The fraction of sp³-hybridized carbons (Fsp3) is 0. The van der Waals surface area contributed by atoms with E-state index in [1.165, 1.54) is 12.4 Å². The van der Waals surface area contributed by atoms with Crippen molar-refractivity contribution in [2.45, 2.75) is 0 Å². The van der Waals surface area contributed by atoms with Crippen molar-refractivity contribution in [3.8, 4) is 0 Å². The van der Waals surface area contributed by atoms with Gasteiger partial charge < -0.3 is 10.3 Å². The highest BCUT2D eigenvalue weighted by Crippen LogP contribution is 2.23. The fourth-order valence-electron chi connectivity index (χ4n) is 2.01. The Balaban J connectivity index is 1.97. The number of rotatable bonds is 2. The number of amides is 1. The molecule has 1 heterocycles. The number of fused-ring (bicyclic) bond motifs is 1. The normalized spacial score (nSPS) is 10.4. The van der Waals surface area contributed by atoms with Gasteiger partial charge in [0.1, 0.15) is 5.69 Å². The van der Waals surface area contributed by atoms with Crippen LogP contribution < -0.4 is 10.9 Å². The number of anilines is 1. The lowest BCUT2D eigenvalue weighted by Gasteiger charge is -2.08. The lowest BCUT2D eigenvalue weighted by Crippen LogP contribution is -2.17. The van der Waals surface area contributed by atoms with Gasteiger partial charge in [-0.3, -0.25) is 9.59 Å². The molecule has 0 aliphatic rings. The van der Waals surface area contributed by atoms with Gasteiger partial charge in [-0.15, -0.1) is 0 Å².